The number of carbonyl (C=O) groups is 1. The number of aromatic amines is 2. The van der Waals surface area contributed by atoms with E-state index in [9.17, 15) is 4.79 Å². The van der Waals surface area contributed by atoms with Crippen LogP contribution in [-0.2, 0) is 6.54 Å². The van der Waals surface area contributed by atoms with Gasteiger partial charge in [-0.05, 0) is 67.3 Å². The molecule has 4 aromatic rings. The summed E-state index contributed by atoms with van der Waals surface area (Å²) >= 11 is 0. The lowest BCUT2D eigenvalue weighted by Gasteiger charge is -2.16. The van der Waals surface area contributed by atoms with E-state index < -0.39 is 5.91 Å². The molecular weight excluding hydrogens is 386 g/mol. The van der Waals surface area contributed by atoms with Crippen molar-refractivity contribution in [3.63, 3.8) is 0 Å². The summed E-state index contributed by atoms with van der Waals surface area (Å²) in [5.74, 6) is 0.320. The zero-order valence-corrected chi connectivity index (χ0v) is 18.3. The van der Waals surface area contributed by atoms with E-state index in [4.69, 9.17) is 5.73 Å². The van der Waals surface area contributed by atoms with Crippen LogP contribution in [0.3, 0.4) is 0 Å². The van der Waals surface area contributed by atoms with E-state index >= 15 is 0 Å². The smallest absolute Gasteiger partial charge is 0.248 e. The molecule has 162 valence electrons. The predicted molar refractivity (Wildman–Crippen MR) is 127 cm³/mol. The fourth-order valence-electron chi connectivity index (χ4n) is 4.38. The summed E-state index contributed by atoms with van der Waals surface area (Å²) in [5.41, 5.74) is 10.8. The van der Waals surface area contributed by atoms with E-state index in [0.717, 1.165) is 52.2 Å². The van der Waals surface area contributed by atoms with Crippen molar-refractivity contribution in [2.24, 2.45) is 11.7 Å². The second-order valence-electron chi connectivity index (χ2n) is 8.38. The van der Waals surface area contributed by atoms with Gasteiger partial charge in [0.1, 0.15) is 5.69 Å². The van der Waals surface area contributed by atoms with Crippen molar-refractivity contribution in [2.75, 3.05) is 6.54 Å². The minimum Gasteiger partial charge on any atom is -0.366 e. The molecule has 0 aliphatic rings. The quantitative estimate of drug-likeness (QED) is 0.288. The molecule has 0 spiro atoms. The Labute approximate surface area is 182 Å². The van der Waals surface area contributed by atoms with Crippen LogP contribution in [0.1, 0.15) is 55.5 Å². The normalized spacial score (nSPS) is 11.7. The molecule has 5 N–H and O–H groups in total. The Kier molecular flexibility index (Phi) is 6.37. The fourth-order valence-corrected chi connectivity index (χ4v) is 4.38. The standard InChI is InChI=1S/C25H31N5O/c1-3-5-16(6-4-2)14-27-15-17-7-10-21-19(11-17)13-23(28-21)24-20-9-8-18(25(26)31)12-22(20)29-30-24/h7-13,16,27-28H,3-6,14-15H2,1-2H3,(H2,26,31)(H,29,30). The van der Waals surface area contributed by atoms with Crippen LogP contribution in [0.15, 0.2) is 42.5 Å². The van der Waals surface area contributed by atoms with Crippen LogP contribution >= 0.6 is 0 Å². The lowest BCUT2D eigenvalue weighted by Crippen LogP contribution is -2.22. The van der Waals surface area contributed by atoms with Crippen molar-refractivity contribution in [3.8, 4) is 11.4 Å². The van der Waals surface area contributed by atoms with Crippen LogP contribution in [0.25, 0.3) is 33.2 Å². The number of H-pyrrole nitrogens is 2. The van der Waals surface area contributed by atoms with Crippen molar-refractivity contribution in [1.29, 1.82) is 0 Å². The van der Waals surface area contributed by atoms with E-state index in [1.54, 1.807) is 12.1 Å². The monoisotopic (exact) mass is 417 g/mol. The Balaban J connectivity index is 1.51. The molecule has 0 radical (unpaired) electrons. The Morgan fingerprint density at radius 2 is 1.87 bits per heavy atom. The molecule has 31 heavy (non-hydrogen) atoms. The number of amides is 1. The molecule has 2 aromatic heterocycles. The van der Waals surface area contributed by atoms with Gasteiger partial charge >= 0.3 is 0 Å². The predicted octanol–water partition coefficient (Wildman–Crippen LogP) is 5.12. The first-order chi connectivity index (χ1) is 15.1. The summed E-state index contributed by atoms with van der Waals surface area (Å²) in [5, 5.41) is 13.2. The van der Waals surface area contributed by atoms with Crippen molar-refractivity contribution in [1.82, 2.24) is 20.5 Å². The molecule has 2 aromatic carbocycles. The molecule has 1 amide bonds. The molecular formula is C25H31N5O. The molecule has 6 nitrogen and oxygen atoms in total. The van der Waals surface area contributed by atoms with Gasteiger partial charge in [-0.1, -0.05) is 32.8 Å². The summed E-state index contributed by atoms with van der Waals surface area (Å²) < 4.78 is 0. The van der Waals surface area contributed by atoms with Crippen LogP contribution in [-0.4, -0.2) is 27.6 Å². The first-order valence-corrected chi connectivity index (χ1v) is 11.2. The summed E-state index contributed by atoms with van der Waals surface area (Å²) in [6.45, 7) is 6.48. The maximum absolute atomic E-state index is 11.4. The summed E-state index contributed by atoms with van der Waals surface area (Å²) in [4.78, 5) is 14.9. The third-order valence-corrected chi connectivity index (χ3v) is 5.94. The number of fused-ring (bicyclic) bond motifs is 2. The van der Waals surface area contributed by atoms with Crippen molar-refractivity contribution in [3.05, 3.63) is 53.6 Å². The van der Waals surface area contributed by atoms with Gasteiger partial charge < -0.3 is 16.0 Å². The summed E-state index contributed by atoms with van der Waals surface area (Å²) in [7, 11) is 0. The van der Waals surface area contributed by atoms with E-state index in [1.165, 1.54) is 31.2 Å². The number of nitrogens with one attached hydrogen (secondary N) is 3. The molecule has 0 saturated carbocycles. The fraction of sp³-hybridized carbons (Fsp3) is 0.360. The third kappa shape index (κ3) is 4.64. The second-order valence-corrected chi connectivity index (χ2v) is 8.38. The Morgan fingerprint density at radius 1 is 1.06 bits per heavy atom. The van der Waals surface area contributed by atoms with Gasteiger partial charge in [0.05, 0.1) is 11.2 Å². The van der Waals surface area contributed by atoms with Gasteiger partial charge in [0, 0.05) is 28.4 Å². The molecule has 0 saturated heterocycles. The van der Waals surface area contributed by atoms with Gasteiger partial charge in [-0.2, -0.15) is 5.10 Å². The topological polar surface area (TPSA) is 99.6 Å². The second kappa shape index (κ2) is 9.35. The van der Waals surface area contributed by atoms with Crippen LogP contribution < -0.4 is 11.1 Å². The van der Waals surface area contributed by atoms with E-state index in [-0.39, 0.29) is 0 Å². The summed E-state index contributed by atoms with van der Waals surface area (Å²) in [6.07, 6.45) is 5.07. The number of nitrogens with zero attached hydrogens (tertiary/aromatic N) is 1. The SMILES string of the molecule is CCCC(CCC)CNCc1ccc2[nH]c(-c3n[nH]c4cc(C(N)=O)ccc34)cc2c1. The lowest BCUT2D eigenvalue weighted by molar-refractivity contribution is 0.100. The molecule has 0 fully saturated rings. The van der Waals surface area contributed by atoms with Crippen LogP contribution in [0.5, 0.6) is 0 Å². The Bertz CT molecular complexity index is 1180. The van der Waals surface area contributed by atoms with Gasteiger partial charge in [0.2, 0.25) is 5.91 Å². The number of carbonyl (C=O) groups excluding carboxylic acids is 1. The molecule has 0 aliphatic carbocycles. The first-order valence-electron chi connectivity index (χ1n) is 11.2. The van der Waals surface area contributed by atoms with Crippen molar-refractivity contribution < 1.29 is 4.79 Å². The largest absolute Gasteiger partial charge is 0.366 e. The van der Waals surface area contributed by atoms with Crippen LogP contribution in [0.4, 0.5) is 0 Å². The van der Waals surface area contributed by atoms with Gasteiger partial charge in [-0.15, -0.1) is 0 Å². The highest BCUT2D eigenvalue weighted by Gasteiger charge is 2.13. The van der Waals surface area contributed by atoms with Gasteiger partial charge in [0.25, 0.3) is 0 Å². The number of primary amides is 1. The average Bonchev–Trinajstić information content (AvgIpc) is 3.36. The Hall–Kier alpha value is -3.12. The zero-order chi connectivity index (χ0) is 21.8. The summed E-state index contributed by atoms with van der Waals surface area (Å²) in [6, 6.07) is 14.0. The number of hydrogen-bond acceptors (Lipinski definition) is 3. The minimum absolute atomic E-state index is 0.444. The lowest BCUT2D eigenvalue weighted by atomic mass is 9.98. The highest BCUT2D eigenvalue weighted by atomic mass is 16.1. The van der Waals surface area contributed by atoms with Gasteiger partial charge in [0.15, 0.2) is 0 Å². The van der Waals surface area contributed by atoms with Gasteiger partial charge in [-0.25, -0.2) is 0 Å². The third-order valence-electron chi connectivity index (χ3n) is 5.94. The molecule has 4 rings (SSSR count). The highest BCUT2D eigenvalue weighted by molar-refractivity contribution is 6.00. The van der Waals surface area contributed by atoms with E-state index in [1.807, 2.05) is 6.07 Å². The van der Waals surface area contributed by atoms with Crippen LogP contribution in [0, 0.1) is 5.92 Å². The molecule has 0 bridgehead atoms. The van der Waals surface area contributed by atoms with E-state index in [0.29, 0.717) is 5.56 Å². The van der Waals surface area contributed by atoms with Crippen molar-refractivity contribution in [2.45, 2.75) is 46.1 Å². The molecule has 2 heterocycles. The number of hydrogen-bond donors (Lipinski definition) is 4. The number of benzene rings is 2. The van der Waals surface area contributed by atoms with E-state index in [2.05, 4.69) is 58.6 Å². The molecule has 0 atom stereocenters. The molecule has 0 unspecified atom stereocenters. The minimum atomic E-state index is -0.444. The number of aromatic nitrogens is 3. The zero-order valence-electron chi connectivity index (χ0n) is 18.3. The molecule has 6 heteroatoms. The average molecular weight is 418 g/mol. The number of rotatable bonds is 10. The Morgan fingerprint density at radius 3 is 2.61 bits per heavy atom. The highest BCUT2D eigenvalue weighted by Crippen LogP contribution is 2.29. The maximum Gasteiger partial charge on any atom is 0.248 e. The van der Waals surface area contributed by atoms with Crippen LogP contribution in [0.2, 0.25) is 0 Å². The first kappa shape index (κ1) is 21.1. The maximum atomic E-state index is 11.4. The number of nitrogens with two attached hydrogens (primary N) is 1. The van der Waals surface area contributed by atoms with Gasteiger partial charge in [-0.3, -0.25) is 9.89 Å². The van der Waals surface area contributed by atoms with Crippen molar-refractivity contribution >= 4 is 27.7 Å². The molecule has 0 aliphatic heterocycles.